The summed E-state index contributed by atoms with van der Waals surface area (Å²) in [6.45, 7) is 0. The van der Waals surface area contributed by atoms with Crippen LogP contribution in [0.2, 0.25) is 0 Å². The summed E-state index contributed by atoms with van der Waals surface area (Å²) in [5.74, 6) is 1.74. The van der Waals surface area contributed by atoms with Crippen molar-refractivity contribution >= 4 is 0 Å². The zero-order valence-electron chi connectivity index (χ0n) is 15.4. The van der Waals surface area contributed by atoms with Crippen LogP contribution in [0.5, 0.6) is 0 Å². The summed E-state index contributed by atoms with van der Waals surface area (Å²) in [5, 5.41) is 0. The number of rotatable bonds is 3. The van der Waals surface area contributed by atoms with E-state index in [1.807, 2.05) is 42.5 Å². The second-order valence-electron chi connectivity index (χ2n) is 6.11. The van der Waals surface area contributed by atoms with Crippen molar-refractivity contribution in [3.63, 3.8) is 0 Å². The van der Waals surface area contributed by atoms with Gasteiger partial charge in [-0.3, -0.25) is 0 Å². The SMILES string of the molecule is [O-][Cl+](O)(O)O.c1ccc(-c2cc(-c3ccccc3)[o+]c(-c3ccccc3)c2)cc1. The average molecular weight is 412 g/mol. The number of hydrogen-bond donors (Lipinski definition) is 3. The molecule has 0 fully saturated rings. The fraction of sp³-hybridized carbons (Fsp3) is 0. The normalized spacial score (nSPS) is 11.3. The monoisotopic (exact) mass is 411 g/mol. The molecule has 1 heterocycles. The molecular formula is C23H20ClO5+. The summed E-state index contributed by atoms with van der Waals surface area (Å²) in [7, 11) is -4.19. The molecule has 0 unspecified atom stereocenters. The summed E-state index contributed by atoms with van der Waals surface area (Å²) < 4.78 is 36.4. The second-order valence-corrected chi connectivity index (χ2v) is 6.97. The van der Waals surface area contributed by atoms with Crippen molar-refractivity contribution in [1.29, 1.82) is 0 Å². The minimum atomic E-state index is -4.19. The van der Waals surface area contributed by atoms with E-state index in [9.17, 15) is 0 Å². The molecule has 0 radical (unpaired) electrons. The Morgan fingerprint density at radius 2 is 0.828 bits per heavy atom. The Balaban J connectivity index is 0.000000431. The summed E-state index contributed by atoms with van der Waals surface area (Å²) >= 11 is 0. The van der Waals surface area contributed by atoms with Crippen molar-refractivity contribution in [3.8, 4) is 33.8 Å². The van der Waals surface area contributed by atoms with Crippen LogP contribution in [0.15, 0.2) is 108 Å². The van der Waals surface area contributed by atoms with E-state index in [0.717, 1.165) is 28.2 Å². The van der Waals surface area contributed by atoms with E-state index in [4.69, 9.17) is 23.1 Å². The van der Waals surface area contributed by atoms with Gasteiger partial charge >= 0.3 is 40.4 Å². The van der Waals surface area contributed by atoms with E-state index in [0.29, 0.717) is 0 Å². The van der Waals surface area contributed by atoms with Gasteiger partial charge in [-0.05, 0) is 29.8 Å². The van der Waals surface area contributed by atoms with E-state index >= 15 is 0 Å². The summed E-state index contributed by atoms with van der Waals surface area (Å²) in [6.07, 6.45) is 0. The Morgan fingerprint density at radius 3 is 1.17 bits per heavy atom. The van der Waals surface area contributed by atoms with Crippen LogP contribution in [-0.4, -0.2) is 14.0 Å². The Kier molecular flexibility index (Phi) is 6.72. The van der Waals surface area contributed by atoms with Crippen molar-refractivity contribution < 1.29 is 33.3 Å². The van der Waals surface area contributed by atoms with Gasteiger partial charge in [0.05, 0.1) is 23.3 Å². The van der Waals surface area contributed by atoms with Gasteiger partial charge in [0.2, 0.25) is 0 Å². The van der Waals surface area contributed by atoms with E-state index in [-0.39, 0.29) is 0 Å². The predicted octanol–water partition coefficient (Wildman–Crippen LogP) is 3.70. The van der Waals surface area contributed by atoms with Crippen molar-refractivity contribution in [3.05, 3.63) is 103 Å². The average Bonchev–Trinajstić information content (AvgIpc) is 2.74. The van der Waals surface area contributed by atoms with Crippen LogP contribution in [-0.2, 0) is 0 Å². The van der Waals surface area contributed by atoms with Crippen molar-refractivity contribution in [2.24, 2.45) is 0 Å². The molecule has 0 aliphatic heterocycles. The third-order valence-corrected chi connectivity index (χ3v) is 4.02. The minimum absolute atomic E-state index is 0.871. The first-order valence-electron chi connectivity index (χ1n) is 8.71. The van der Waals surface area contributed by atoms with Crippen molar-refractivity contribution in [1.82, 2.24) is 0 Å². The van der Waals surface area contributed by atoms with Gasteiger partial charge in [-0.2, -0.15) is 0 Å². The molecule has 4 aromatic rings. The molecule has 148 valence electrons. The minimum Gasteiger partial charge on any atom is -0.207 e. The molecule has 3 aromatic carbocycles. The van der Waals surface area contributed by atoms with Gasteiger partial charge in [-0.1, -0.05) is 66.7 Å². The van der Waals surface area contributed by atoms with Crippen molar-refractivity contribution in [2.75, 3.05) is 0 Å². The molecule has 1 aromatic heterocycles. The third-order valence-electron chi connectivity index (χ3n) is 4.02. The first kappa shape index (κ1) is 20.7. The van der Waals surface area contributed by atoms with Gasteiger partial charge < -0.3 is 0 Å². The molecule has 0 aliphatic rings. The van der Waals surface area contributed by atoms with Crippen LogP contribution in [0.1, 0.15) is 0 Å². The topological polar surface area (TPSA) is 95.0 Å². The Hall–Kier alpha value is -3.06. The van der Waals surface area contributed by atoms with E-state index in [2.05, 4.69) is 60.7 Å². The van der Waals surface area contributed by atoms with E-state index < -0.39 is 10.2 Å². The maximum absolute atomic E-state index is 8.83. The van der Waals surface area contributed by atoms with Crippen LogP contribution in [0.4, 0.5) is 0 Å². The summed E-state index contributed by atoms with van der Waals surface area (Å²) in [6, 6.07) is 35.1. The Morgan fingerprint density at radius 1 is 0.517 bits per heavy atom. The smallest absolute Gasteiger partial charge is 0.207 e. The molecule has 5 nitrogen and oxygen atoms in total. The Bertz CT molecular complexity index is 887. The van der Waals surface area contributed by atoms with Crippen molar-refractivity contribution in [2.45, 2.75) is 0 Å². The molecule has 4 rings (SSSR count). The summed E-state index contributed by atoms with van der Waals surface area (Å²) in [4.78, 5) is 0. The van der Waals surface area contributed by atoms with Crippen LogP contribution < -0.4 is 4.66 Å². The number of hydrogen-bond acceptors (Lipinski definition) is 4. The fourth-order valence-electron chi connectivity index (χ4n) is 2.79. The maximum atomic E-state index is 8.83. The first-order chi connectivity index (χ1) is 13.9. The van der Waals surface area contributed by atoms with Crippen LogP contribution in [0.3, 0.4) is 0 Å². The summed E-state index contributed by atoms with van der Waals surface area (Å²) in [5.41, 5.74) is 4.49. The number of benzene rings is 3. The molecule has 0 bridgehead atoms. The molecular weight excluding hydrogens is 392 g/mol. The fourth-order valence-corrected chi connectivity index (χ4v) is 2.79. The molecule has 0 amide bonds. The molecule has 0 saturated carbocycles. The largest absolute Gasteiger partial charge is 0.361 e. The van der Waals surface area contributed by atoms with Gasteiger partial charge in [-0.25, -0.2) is 4.42 Å². The van der Waals surface area contributed by atoms with Gasteiger partial charge in [0, 0.05) is 5.56 Å². The van der Waals surface area contributed by atoms with Crippen LogP contribution in [0, 0.1) is 10.2 Å². The van der Waals surface area contributed by atoms with E-state index in [1.165, 1.54) is 5.56 Å². The van der Waals surface area contributed by atoms with E-state index in [1.54, 1.807) is 0 Å². The molecule has 6 heteroatoms. The molecule has 0 spiro atoms. The molecule has 0 atom stereocenters. The predicted molar refractivity (Wildman–Crippen MR) is 106 cm³/mol. The first-order valence-corrected chi connectivity index (χ1v) is 10.0. The Labute approximate surface area is 170 Å². The molecule has 29 heavy (non-hydrogen) atoms. The molecule has 0 saturated heterocycles. The standard InChI is InChI=1S/C23H17O.ClH3O4/c1-4-10-18(11-5-1)21-16-22(19-12-6-2-7-13-19)24-23(17-21)20-14-8-3-9-15-20;2-1(3,4)5/h1-17H;2-4H/q+1;. The zero-order valence-corrected chi connectivity index (χ0v) is 16.1. The maximum Gasteiger partial charge on any atom is 0.361 e. The zero-order chi connectivity index (χ0) is 20.7. The molecule has 3 N–H and O–H groups in total. The van der Waals surface area contributed by atoms with Gasteiger partial charge in [0.15, 0.2) is 0 Å². The van der Waals surface area contributed by atoms with Crippen LogP contribution >= 0.6 is 0 Å². The quantitative estimate of drug-likeness (QED) is 0.447. The van der Waals surface area contributed by atoms with Gasteiger partial charge in [-0.15, -0.1) is 0 Å². The van der Waals surface area contributed by atoms with Gasteiger partial charge in [0.25, 0.3) is 0 Å². The van der Waals surface area contributed by atoms with Gasteiger partial charge in [0.1, 0.15) is 0 Å². The third kappa shape index (κ3) is 6.50. The molecule has 0 aliphatic carbocycles. The number of halogens is 1. The van der Waals surface area contributed by atoms with Crippen LogP contribution in [0.25, 0.3) is 33.8 Å². The second kappa shape index (κ2) is 9.43.